The summed E-state index contributed by atoms with van der Waals surface area (Å²) in [6.07, 6.45) is 2.58. The minimum atomic E-state index is -0.242. The molecule has 0 aromatic heterocycles. The summed E-state index contributed by atoms with van der Waals surface area (Å²) in [6.45, 7) is 3.42. The van der Waals surface area contributed by atoms with Crippen molar-refractivity contribution in [1.29, 1.82) is 0 Å². The Kier molecular flexibility index (Phi) is 6.04. The van der Waals surface area contributed by atoms with E-state index in [2.05, 4.69) is 22.2 Å². The maximum atomic E-state index is 11.3. The molecule has 0 bridgehead atoms. The summed E-state index contributed by atoms with van der Waals surface area (Å²) in [6, 6.07) is 10.2. The molecule has 0 saturated heterocycles. The Morgan fingerprint density at radius 3 is 2.65 bits per heavy atom. The van der Waals surface area contributed by atoms with Crippen molar-refractivity contribution in [2.24, 2.45) is 0 Å². The van der Waals surface area contributed by atoms with Crippen LogP contribution in [0.2, 0.25) is 0 Å². The minimum Gasteiger partial charge on any atom is -0.466 e. The van der Waals surface area contributed by atoms with Crippen LogP contribution >= 0.6 is 0 Å². The van der Waals surface area contributed by atoms with Crippen LogP contribution in [0.5, 0.6) is 0 Å². The van der Waals surface area contributed by atoms with Gasteiger partial charge in [-0.1, -0.05) is 43.3 Å². The van der Waals surface area contributed by atoms with Gasteiger partial charge in [0.25, 0.3) is 0 Å². The summed E-state index contributed by atoms with van der Waals surface area (Å²) in [5.41, 5.74) is 1.95. The van der Waals surface area contributed by atoms with E-state index in [1.54, 1.807) is 0 Å². The molecule has 3 heteroatoms. The van der Waals surface area contributed by atoms with Gasteiger partial charge in [-0.15, -0.1) is 0 Å². The molecule has 0 spiro atoms. The Bertz CT molecular complexity index is 371. The first kappa shape index (κ1) is 13.5. The number of benzene rings is 1. The molecule has 1 aromatic carbocycles. The number of hydrogen-bond acceptors (Lipinski definition) is 3. The predicted molar refractivity (Wildman–Crippen MR) is 68.5 cm³/mol. The lowest BCUT2D eigenvalue weighted by Crippen LogP contribution is -2.15. The highest BCUT2D eigenvalue weighted by Gasteiger charge is 2.05. The van der Waals surface area contributed by atoms with Crippen LogP contribution in [0.25, 0.3) is 0 Å². The number of ether oxygens (including phenoxy) is 1. The Labute approximate surface area is 102 Å². The van der Waals surface area contributed by atoms with E-state index < -0.39 is 0 Å². The van der Waals surface area contributed by atoms with E-state index in [9.17, 15) is 4.79 Å². The van der Waals surface area contributed by atoms with Crippen molar-refractivity contribution in [3.63, 3.8) is 0 Å². The van der Waals surface area contributed by atoms with Gasteiger partial charge in [0, 0.05) is 18.7 Å². The average Bonchev–Trinajstić information content (AvgIpc) is 2.39. The Balaban J connectivity index is 2.36. The van der Waals surface area contributed by atoms with E-state index in [4.69, 9.17) is 0 Å². The van der Waals surface area contributed by atoms with Gasteiger partial charge in [0.1, 0.15) is 0 Å². The van der Waals surface area contributed by atoms with E-state index in [1.165, 1.54) is 12.7 Å². The lowest BCUT2D eigenvalue weighted by molar-refractivity contribution is -0.136. The van der Waals surface area contributed by atoms with Gasteiger partial charge in [0.2, 0.25) is 0 Å². The summed E-state index contributed by atoms with van der Waals surface area (Å²) in [5.74, 6) is -0.242. The second-order valence-corrected chi connectivity index (χ2v) is 3.69. The summed E-state index contributed by atoms with van der Waals surface area (Å²) >= 11 is 0. The second kappa shape index (κ2) is 7.63. The van der Waals surface area contributed by atoms with Crippen molar-refractivity contribution in [2.45, 2.75) is 19.9 Å². The first-order valence-electron chi connectivity index (χ1n) is 5.80. The van der Waals surface area contributed by atoms with Gasteiger partial charge in [-0.2, -0.15) is 0 Å². The van der Waals surface area contributed by atoms with Crippen LogP contribution in [-0.2, 0) is 16.1 Å². The summed E-state index contributed by atoms with van der Waals surface area (Å²) in [7, 11) is 1.41. The molecule has 0 heterocycles. The molecule has 0 saturated carbocycles. The molecule has 1 N–H and O–H groups in total. The molecule has 0 radical (unpaired) electrons. The Hall–Kier alpha value is -1.61. The third-order valence-corrected chi connectivity index (χ3v) is 2.49. The van der Waals surface area contributed by atoms with Crippen LogP contribution in [0.4, 0.5) is 0 Å². The predicted octanol–water partition coefficient (Wildman–Crippen LogP) is 2.29. The van der Waals surface area contributed by atoms with Crippen molar-refractivity contribution in [1.82, 2.24) is 5.32 Å². The third kappa shape index (κ3) is 4.83. The number of hydrogen-bond donors (Lipinski definition) is 1. The zero-order valence-electron chi connectivity index (χ0n) is 10.4. The topological polar surface area (TPSA) is 38.3 Å². The van der Waals surface area contributed by atoms with Crippen LogP contribution in [-0.4, -0.2) is 19.6 Å². The fraction of sp³-hybridized carbons (Fsp3) is 0.357. The maximum absolute atomic E-state index is 11.3. The molecule has 0 fully saturated rings. The number of rotatable bonds is 6. The molecule has 1 aromatic rings. The molecule has 0 aliphatic rings. The zero-order chi connectivity index (χ0) is 12.5. The second-order valence-electron chi connectivity index (χ2n) is 3.69. The smallest absolute Gasteiger partial charge is 0.333 e. The molecule has 0 aliphatic carbocycles. The van der Waals surface area contributed by atoms with Gasteiger partial charge >= 0.3 is 5.97 Å². The van der Waals surface area contributed by atoms with Gasteiger partial charge in [-0.3, -0.25) is 0 Å². The van der Waals surface area contributed by atoms with E-state index in [0.717, 1.165) is 6.54 Å². The molecule has 92 valence electrons. The summed E-state index contributed by atoms with van der Waals surface area (Å²) in [5, 5.41) is 3.26. The Morgan fingerprint density at radius 2 is 2.06 bits per heavy atom. The quantitative estimate of drug-likeness (QED) is 0.465. The van der Waals surface area contributed by atoms with Gasteiger partial charge in [-0.25, -0.2) is 4.79 Å². The monoisotopic (exact) mass is 233 g/mol. The fourth-order valence-corrected chi connectivity index (χ4v) is 1.51. The number of methoxy groups -OCH3 is 1. The molecule has 17 heavy (non-hydrogen) atoms. The number of esters is 1. The SMILES string of the molecule is CC/C(=C/CNCc1ccccc1)C(=O)OC. The highest BCUT2D eigenvalue weighted by atomic mass is 16.5. The van der Waals surface area contributed by atoms with Crippen molar-refractivity contribution in [3.05, 3.63) is 47.5 Å². The molecular weight excluding hydrogens is 214 g/mol. The van der Waals surface area contributed by atoms with Crippen LogP contribution < -0.4 is 5.32 Å². The van der Waals surface area contributed by atoms with Crippen LogP contribution in [0.1, 0.15) is 18.9 Å². The van der Waals surface area contributed by atoms with Crippen LogP contribution in [0.3, 0.4) is 0 Å². The average molecular weight is 233 g/mol. The van der Waals surface area contributed by atoms with Crippen molar-refractivity contribution in [2.75, 3.05) is 13.7 Å². The summed E-state index contributed by atoms with van der Waals surface area (Å²) in [4.78, 5) is 11.3. The van der Waals surface area contributed by atoms with Gasteiger partial charge in [-0.05, 0) is 12.0 Å². The molecule has 0 atom stereocenters. The van der Waals surface area contributed by atoms with E-state index >= 15 is 0 Å². The first-order chi connectivity index (χ1) is 8.27. The molecule has 0 amide bonds. The number of nitrogens with one attached hydrogen (secondary N) is 1. The van der Waals surface area contributed by atoms with Crippen molar-refractivity contribution >= 4 is 5.97 Å². The first-order valence-corrected chi connectivity index (χ1v) is 5.80. The largest absolute Gasteiger partial charge is 0.466 e. The normalized spacial score (nSPS) is 11.3. The fourth-order valence-electron chi connectivity index (χ4n) is 1.51. The lowest BCUT2D eigenvalue weighted by atomic mass is 10.2. The van der Waals surface area contributed by atoms with Crippen LogP contribution in [0.15, 0.2) is 42.0 Å². The number of carbonyl (C=O) groups excluding carboxylic acids is 1. The van der Waals surface area contributed by atoms with Crippen molar-refractivity contribution in [3.8, 4) is 0 Å². The molecule has 3 nitrogen and oxygen atoms in total. The van der Waals surface area contributed by atoms with Gasteiger partial charge < -0.3 is 10.1 Å². The van der Waals surface area contributed by atoms with E-state index in [1.807, 2.05) is 31.2 Å². The molecule has 1 rings (SSSR count). The van der Waals surface area contributed by atoms with Crippen molar-refractivity contribution < 1.29 is 9.53 Å². The zero-order valence-corrected chi connectivity index (χ0v) is 10.4. The van der Waals surface area contributed by atoms with Gasteiger partial charge in [0.15, 0.2) is 0 Å². The molecular formula is C14H19NO2. The highest BCUT2D eigenvalue weighted by molar-refractivity contribution is 5.88. The van der Waals surface area contributed by atoms with E-state index in [-0.39, 0.29) is 5.97 Å². The molecule has 0 aliphatic heterocycles. The van der Waals surface area contributed by atoms with E-state index in [0.29, 0.717) is 18.5 Å². The highest BCUT2D eigenvalue weighted by Crippen LogP contribution is 2.02. The lowest BCUT2D eigenvalue weighted by Gasteiger charge is -2.04. The standard InChI is InChI=1S/C14H19NO2/c1-3-13(14(16)17-2)9-10-15-11-12-7-5-4-6-8-12/h4-9,15H,3,10-11H2,1-2H3/b13-9-. The third-order valence-electron chi connectivity index (χ3n) is 2.49. The Morgan fingerprint density at radius 1 is 1.35 bits per heavy atom. The molecule has 0 unspecified atom stereocenters. The summed E-state index contributed by atoms with van der Waals surface area (Å²) < 4.78 is 4.68. The van der Waals surface area contributed by atoms with Crippen LogP contribution in [0, 0.1) is 0 Å². The maximum Gasteiger partial charge on any atom is 0.333 e. The minimum absolute atomic E-state index is 0.242. The number of carbonyl (C=O) groups is 1. The van der Waals surface area contributed by atoms with Gasteiger partial charge in [0.05, 0.1) is 7.11 Å².